The standard InChI is InChI=1S/C18H24N4O3/c1-2-24-8-9-25-12-13-4-3-5-14(10-13)20-18(23)17-15-11-19-7-6-16(15)21-22-17/h3-5,10,19H,2,6-9,11-12H2,1H3,(H,20,23)(H,21,22). The molecular weight excluding hydrogens is 320 g/mol. The second-order valence-corrected chi connectivity index (χ2v) is 5.86. The molecule has 0 saturated carbocycles. The van der Waals surface area contributed by atoms with Crippen molar-refractivity contribution in [2.45, 2.75) is 26.5 Å². The number of amides is 1. The van der Waals surface area contributed by atoms with Gasteiger partial charge < -0.3 is 20.1 Å². The van der Waals surface area contributed by atoms with Gasteiger partial charge in [-0.15, -0.1) is 0 Å². The number of carbonyl (C=O) groups excluding carboxylic acids is 1. The number of carbonyl (C=O) groups is 1. The summed E-state index contributed by atoms with van der Waals surface area (Å²) in [6.45, 7) is 5.85. The number of aromatic nitrogens is 2. The van der Waals surface area contributed by atoms with Gasteiger partial charge in [0, 0.05) is 43.1 Å². The van der Waals surface area contributed by atoms with E-state index >= 15 is 0 Å². The van der Waals surface area contributed by atoms with E-state index in [1.807, 2.05) is 31.2 Å². The van der Waals surface area contributed by atoms with Crippen molar-refractivity contribution in [3.63, 3.8) is 0 Å². The molecule has 1 aliphatic rings. The maximum atomic E-state index is 12.5. The Morgan fingerprint density at radius 2 is 2.20 bits per heavy atom. The molecule has 25 heavy (non-hydrogen) atoms. The zero-order valence-corrected chi connectivity index (χ0v) is 14.4. The van der Waals surface area contributed by atoms with Gasteiger partial charge in [-0.1, -0.05) is 12.1 Å². The van der Waals surface area contributed by atoms with Gasteiger partial charge in [0.15, 0.2) is 5.69 Å². The van der Waals surface area contributed by atoms with Crippen LogP contribution in [-0.2, 0) is 29.0 Å². The van der Waals surface area contributed by atoms with Gasteiger partial charge in [0.2, 0.25) is 0 Å². The van der Waals surface area contributed by atoms with Crippen LogP contribution in [0.1, 0.15) is 34.2 Å². The molecule has 134 valence electrons. The SMILES string of the molecule is CCOCCOCc1cccc(NC(=O)c2n[nH]c3c2CNCC3)c1. The largest absolute Gasteiger partial charge is 0.379 e. The Labute approximate surface area is 147 Å². The van der Waals surface area contributed by atoms with Crippen molar-refractivity contribution in [1.82, 2.24) is 15.5 Å². The van der Waals surface area contributed by atoms with E-state index in [1.54, 1.807) is 0 Å². The van der Waals surface area contributed by atoms with Crippen molar-refractivity contribution < 1.29 is 14.3 Å². The number of H-pyrrole nitrogens is 1. The molecule has 0 atom stereocenters. The van der Waals surface area contributed by atoms with Crippen LogP contribution in [0, 0.1) is 0 Å². The number of nitrogens with zero attached hydrogens (tertiary/aromatic N) is 1. The van der Waals surface area contributed by atoms with Crippen LogP contribution in [0.4, 0.5) is 5.69 Å². The molecule has 1 amide bonds. The predicted molar refractivity (Wildman–Crippen MR) is 94.5 cm³/mol. The lowest BCUT2D eigenvalue weighted by molar-refractivity contribution is 0.0453. The average molecular weight is 344 g/mol. The van der Waals surface area contributed by atoms with E-state index < -0.39 is 0 Å². The van der Waals surface area contributed by atoms with E-state index in [2.05, 4.69) is 20.8 Å². The lowest BCUT2D eigenvalue weighted by atomic mass is 10.1. The van der Waals surface area contributed by atoms with Crippen LogP contribution in [0.15, 0.2) is 24.3 Å². The van der Waals surface area contributed by atoms with Crippen LogP contribution in [0.25, 0.3) is 0 Å². The summed E-state index contributed by atoms with van der Waals surface area (Å²) in [6, 6.07) is 7.64. The lowest BCUT2D eigenvalue weighted by Gasteiger charge is -2.13. The molecule has 2 heterocycles. The van der Waals surface area contributed by atoms with E-state index in [-0.39, 0.29) is 5.91 Å². The minimum absolute atomic E-state index is 0.199. The number of hydrogen-bond donors (Lipinski definition) is 3. The van der Waals surface area contributed by atoms with Gasteiger partial charge in [0.25, 0.3) is 5.91 Å². The quantitative estimate of drug-likeness (QED) is 0.636. The summed E-state index contributed by atoms with van der Waals surface area (Å²) in [6.07, 6.45) is 0.865. The number of fused-ring (bicyclic) bond motifs is 1. The molecule has 1 aromatic heterocycles. The fraction of sp³-hybridized carbons (Fsp3) is 0.444. The maximum Gasteiger partial charge on any atom is 0.276 e. The normalized spacial score (nSPS) is 13.5. The summed E-state index contributed by atoms with van der Waals surface area (Å²) in [7, 11) is 0. The zero-order valence-electron chi connectivity index (χ0n) is 14.4. The maximum absolute atomic E-state index is 12.5. The van der Waals surface area contributed by atoms with E-state index in [9.17, 15) is 4.79 Å². The highest BCUT2D eigenvalue weighted by Crippen LogP contribution is 2.18. The second-order valence-electron chi connectivity index (χ2n) is 5.86. The molecular formula is C18H24N4O3. The van der Waals surface area contributed by atoms with Gasteiger partial charge in [0.05, 0.1) is 19.8 Å². The van der Waals surface area contributed by atoms with Gasteiger partial charge in [-0.2, -0.15) is 5.10 Å². The number of ether oxygens (including phenoxy) is 2. The smallest absolute Gasteiger partial charge is 0.276 e. The van der Waals surface area contributed by atoms with Crippen molar-refractivity contribution in [1.29, 1.82) is 0 Å². The van der Waals surface area contributed by atoms with Gasteiger partial charge in [0.1, 0.15) is 0 Å². The molecule has 2 aromatic rings. The first-order valence-electron chi connectivity index (χ1n) is 8.60. The number of benzene rings is 1. The van der Waals surface area contributed by atoms with E-state index in [0.717, 1.165) is 35.5 Å². The summed E-state index contributed by atoms with van der Waals surface area (Å²) in [5.41, 5.74) is 4.19. The molecule has 7 heteroatoms. The Kier molecular flexibility index (Phi) is 6.16. The molecule has 3 N–H and O–H groups in total. The third-order valence-corrected chi connectivity index (χ3v) is 4.05. The van der Waals surface area contributed by atoms with Crippen molar-refractivity contribution in [3.05, 3.63) is 46.8 Å². The highest BCUT2D eigenvalue weighted by atomic mass is 16.5. The summed E-state index contributed by atoms with van der Waals surface area (Å²) in [5, 5.41) is 13.3. The Morgan fingerprint density at radius 3 is 3.08 bits per heavy atom. The molecule has 0 fully saturated rings. The lowest BCUT2D eigenvalue weighted by Crippen LogP contribution is -2.25. The fourth-order valence-electron chi connectivity index (χ4n) is 2.79. The number of nitrogens with one attached hydrogen (secondary N) is 3. The van der Waals surface area contributed by atoms with Crippen molar-refractivity contribution >= 4 is 11.6 Å². The Morgan fingerprint density at radius 1 is 1.32 bits per heavy atom. The fourth-order valence-corrected chi connectivity index (χ4v) is 2.79. The molecule has 0 saturated heterocycles. The van der Waals surface area contributed by atoms with Crippen molar-refractivity contribution in [2.24, 2.45) is 0 Å². The van der Waals surface area contributed by atoms with Crippen LogP contribution in [0.3, 0.4) is 0 Å². The van der Waals surface area contributed by atoms with Crippen LogP contribution in [0.2, 0.25) is 0 Å². The molecule has 3 rings (SSSR count). The summed E-state index contributed by atoms with van der Waals surface area (Å²) >= 11 is 0. The Hall–Kier alpha value is -2.22. The van der Waals surface area contributed by atoms with Gasteiger partial charge in [-0.3, -0.25) is 9.89 Å². The Balaban J connectivity index is 1.58. The van der Waals surface area contributed by atoms with E-state index in [1.165, 1.54) is 0 Å². The van der Waals surface area contributed by atoms with Crippen LogP contribution < -0.4 is 10.6 Å². The average Bonchev–Trinajstić information content (AvgIpc) is 3.06. The number of hydrogen-bond acceptors (Lipinski definition) is 5. The number of aromatic amines is 1. The van der Waals surface area contributed by atoms with Gasteiger partial charge >= 0.3 is 0 Å². The molecule has 1 aromatic carbocycles. The zero-order chi connectivity index (χ0) is 17.5. The van der Waals surface area contributed by atoms with Crippen LogP contribution in [-0.4, -0.2) is 42.5 Å². The Bertz CT molecular complexity index is 714. The molecule has 0 aliphatic carbocycles. The highest BCUT2D eigenvalue weighted by Gasteiger charge is 2.21. The van der Waals surface area contributed by atoms with Gasteiger partial charge in [-0.25, -0.2) is 0 Å². The monoisotopic (exact) mass is 344 g/mol. The first-order chi connectivity index (χ1) is 12.3. The summed E-state index contributed by atoms with van der Waals surface area (Å²) in [4.78, 5) is 12.5. The summed E-state index contributed by atoms with van der Waals surface area (Å²) < 4.78 is 10.8. The molecule has 7 nitrogen and oxygen atoms in total. The first-order valence-corrected chi connectivity index (χ1v) is 8.60. The molecule has 0 unspecified atom stereocenters. The van der Waals surface area contributed by atoms with E-state index in [4.69, 9.17) is 9.47 Å². The molecule has 1 aliphatic heterocycles. The minimum Gasteiger partial charge on any atom is -0.379 e. The topological polar surface area (TPSA) is 88.3 Å². The number of anilines is 1. The third-order valence-electron chi connectivity index (χ3n) is 4.05. The second kappa shape index (κ2) is 8.75. The molecule has 0 spiro atoms. The molecule has 0 radical (unpaired) electrons. The minimum atomic E-state index is -0.199. The molecule has 0 bridgehead atoms. The van der Waals surface area contributed by atoms with E-state index in [0.29, 0.717) is 38.7 Å². The van der Waals surface area contributed by atoms with Gasteiger partial charge in [-0.05, 0) is 24.6 Å². The van der Waals surface area contributed by atoms with Crippen molar-refractivity contribution in [2.75, 3.05) is 31.7 Å². The van der Waals surface area contributed by atoms with Crippen LogP contribution >= 0.6 is 0 Å². The predicted octanol–water partition coefficient (Wildman–Crippen LogP) is 1.86. The van der Waals surface area contributed by atoms with Crippen molar-refractivity contribution in [3.8, 4) is 0 Å². The third kappa shape index (κ3) is 4.66. The highest BCUT2D eigenvalue weighted by molar-refractivity contribution is 6.04. The first kappa shape index (κ1) is 17.6. The number of rotatable bonds is 8. The van der Waals surface area contributed by atoms with Crippen LogP contribution in [0.5, 0.6) is 0 Å². The summed E-state index contributed by atoms with van der Waals surface area (Å²) in [5.74, 6) is -0.199.